The van der Waals surface area contributed by atoms with Crippen molar-refractivity contribution in [3.8, 4) is 17.2 Å². The molecule has 0 aliphatic carbocycles. The van der Waals surface area contributed by atoms with E-state index >= 15 is 0 Å². The third-order valence-electron chi connectivity index (χ3n) is 3.04. The van der Waals surface area contributed by atoms with E-state index in [1.54, 1.807) is 0 Å². The normalized spacial score (nSPS) is 10.3. The predicted molar refractivity (Wildman–Crippen MR) is 82.6 cm³/mol. The molecule has 106 valence electrons. The van der Waals surface area contributed by atoms with Gasteiger partial charge < -0.3 is 15.2 Å². The highest BCUT2D eigenvalue weighted by atomic mass is 16.5. The molecule has 2 N–H and O–H groups in total. The van der Waals surface area contributed by atoms with Crippen molar-refractivity contribution >= 4 is 5.69 Å². The molecule has 2 rings (SSSR count). The lowest BCUT2D eigenvalue weighted by Gasteiger charge is -2.14. The van der Waals surface area contributed by atoms with Gasteiger partial charge in [0.15, 0.2) is 5.75 Å². The van der Waals surface area contributed by atoms with Crippen molar-refractivity contribution in [1.29, 1.82) is 0 Å². The van der Waals surface area contributed by atoms with Crippen LogP contribution in [-0.2, 0) is 0 Å². The van der Waals surface area contributed by atoms with Crippen molar-refractivity contribution in [2.24, 2.45) is 0 Å². The molecule has 0 spiro atoms. The molecule has 2 aromatic rings. The van der Waals surface area contributed by atoms with E-state index in [1.807, 2.05) is 37.3 Å². The first-order valence-electron chi connectivity index (χ1n) is 6.88. The van der Waals surface area contributed by atoms with Gasteiger partial charge in [-0.2, -0.15) is 0 Å². The molecule has 0 heterocycles. The number of ether oxygens (including phenoxy) is 2. The Bertz CT molecular complexity index is 594. The van der Waals surface area contributed by atoms with Crippen LogP contribution in [-0.4, -0.2) is 6.61 Å². The number of rotatable bonds is 5. The molecule has 0 amide bonds. The molecule has 0 saturated carbocycles. The Morgan fingerprint density at radius 1 is 1.00 bits per heavy atom. The minimum absolute atomic E-state index is 0.543. The summed E-state index contributed by atoms with van der Waals surface area (Å²) >= 11 is 0. The van der Waals surface area contributed by atoms with Gasteiger partial charge in [-0.1, -0.05) is 30.7 Å². The van der Waals surface area contributed by atoms with Crippen LogP contribution in [0.2, 0.25) is 0 Å². The minimum atomic E-state index is 0.543. The summed E-state index contributed by atoms with van der Waals surface area (Å²) in [5.41, 5.74) is 8.94. The maximum atomic E-state index is 6.10. The first kappa shape index (κ1) is 14.3. The molecule has 0 aliphatic heterocycles. The smallest absolute Gasteiger partial charge is 0.154 e. The standard InChI is InChI=1S/C17H21NO2/c1-4-10-19-15-6-5-7-16(17(15)18)20-14-9-8-12(2)11-13(14)3/h5-9,11H,4,10,18H2,1-3H3. The molecule has 0 atom stereocenters. The molecular weight excluding hydrogens is 250 g/mol. The first-order valence-corrected chi connectivity index (χ1v) is 6.88. The Balaban J connectivity index is 2.24. The van der Waals surface area contributed by atoms with Crippen LogP contribution in [0, 0.1) is 13.8 Å². The zero-order valence-electron chi connectivity index (χ0n) is 12.3. The largest absolute Gasteiger partial charge is 0.491 e. The number of benzene rings is 2. The number of aryl methyl sites for hydroxylation is 2. The summed E-state index contributed by atoms with van der Waals surface area (Å²) in [4.78, 5) is 0. The van der Waals surface area contributed by atoms with Gasteiger partial charge in [0.05, 0.1) is 6.61 Å². The highest BCUT2D eigenvalue weighted by Gasteiger charge is 2.09. The van der Waals surface area contributed by atoms with Crippen molar-refractivity contribution in [3.63, 3.8) is 0 Å². The highest BCUT2D eigenvalue weighted by Crippen LogP contribution is 2.35. The van der Waals surface area contributed by atoms with E-state index < -0.39 is 0 Å². The first-order chi connectivity index (χ1) is 9.61. The fourth-order valence-corrected chi connectivity index (χ4v) is 1.98. The molecule has 0 fully saturated rings. The zero-order valence-corrected chi connectivity index (χ0v) is 12.3. The number of para-hydroxylation sites is 1. The lowest BCUT2D eigenvalue weighted by Crippen LogP contribution is -2.01. The molecule has 20 heavy (non-hydrogen) atoms. The molecule has 2 aromatic carbocycles. The Morgan fingerprint density at radius 3 is 2.45 bits per heavy atom. The van der Waals surface area contributed by atoms with E-state index in [1.165, 1.54) is 5.56 Å². The quantitative estimate of drug-likeness (QED) is 0.816. The monoisotopic (exact) mass is 271 g/mol. The van der Waals surface area contributed by atoms with Crippen molar-refractivity contribution in [1.82, 2.24) is 0 Å². The summed E-state index contributed by atoms with van der Waals surface area (Å²) in [6.07, 6.45) is 0.946. The topological polar surface area (TPSA) is 44.5 Å². The van der Waals surface area contributed by atoms with Crippen molar-refractivity contribution in [2.45, 2.75) is 27.2 Å². The molecule has 0 aliphatic rings. The predicted octanol–water partition coefficient (Wildman–Crippen LogP) is 4.47. The van der Waals surface area contributed by atoms with Gasteiger partial charge in [0.25, 0.3) is 0 Å². The third-order valence-corrected chi connectivity index (χ3v) is 3.04. The maximum absolute atomic E-state index is 6.10. The van der Waals surface area contributed by atoms with Crippen LogP contribution in [0.1, 0.15) is 24.5 Å². The number of anilines is 1. The van der Waals surface area contributed by atoms with Crippen molar-refractivity contribution in [2.75, 3.05) is 12.3 Å². The van der Waals surface area contributed by atoms with E-state index in [0.29, 0.717) is 23.8 Å². The second-order valence-corrected chi connectivity index (χ2v) is 4.89. The molecule has 0 unspecified atom stereocenters. The average Bonchev–Trinajstić information content (AvgIpc) is 2.42. The lowest BCUT2D eigenvalue weighted by molar-refractivity contribution is 0.318. The van der Waals surface area contributed by atoms with Crippen molar-refractivity contribution < 1.29 is 9.47 Å². The Hall–Kier alpha value is -2.16. The van der Waals surface area contributed by atoms with E-state index in [9.17, 15) is 0 Å². The summed E-state index contributed by atoms with van der Waals surface area (Å²) in [5.74, 6) is 2.12. The van der Waals surface area contributed by atoms with Gasteiger partial charge in [0, 0.05) is 0 Å². The van der Waals surface area contributed by atoms with Crippen LogP contribution in [0.15, 0.2) is 36.4 Å². The van der Waals surface area contributed by atoms with Gasteiger partial charge in [-0.15, -0.1) is 0 Å². The Kier molecular flexibility index (Phi) is 4.51. The van der Waals surface area contributed by atoms with Gasteiger partial charge >= 0.3 is 0 Å². The summed E-state index contributed by atoms with van der Waals surface area (Å²) in [5, 5.41) is 0. The van der Waals surface area contributed by atoms with Crippen LogP contribution in [0.25, 0.3) is 0 Å². The molecule has 0 aromatic heterocycles. The molecule has 0 radical (unpaired) electrons. The SMILES string of the molecule is CCCOc1cccc(Oc2ccc(C)cc2C)c1N. The van der Waals surface area contributed by atoms with E-state index in [-0.39, 0.29) is 0 Å². The van der Waals surface area contributed by atoms with Crippen LogP contribution in [0.5, 0.6) is 17.2 Å². The second-order valence-electron chi connectivity index (χ2n) is 4.89. The summed E-state index contributed by atoms with van der Waals surface area (Å²) < 4.78 is 11.5. The number of hydrogen-bond acceptors (Lipinski definition) is 3. The van der Waals surface area contributed by atoms with Gasteiger partial charge in [-0.3, -0.25) is 0 Å². The molecule has 3 nitrogen and oxygen atoms in total. The van der Waals surface area contributed by atoms with E-state index in [0.717, 1.165) is 17.7 Å². The summed E-state index contributed by atoms with van der Waals surface area (Å²) in [6.45, 7) is 6.80. The molecular formula is C17H21NO2. The summed E-state index contributed by atoms with van der Waals surface area (Å²) in [6, 6.07) is 11.7. The number of hydrogen-bond donors (Lipinski definition) is 1. The van der Waals surface area contributed by atoms with E-state index in [4.69, 9.17) is 15.2 Å². The van der Waals surface area contributed by atoms with Crippen molar-refractivity contribution in [3.05, 3.63) is 47.5 Å². The fourth-order valence-electron chi connectivity index (χ4n) is 1.98. The molecule has 0 saturated heterocycles. The van der Waals surface area contributed by atoms with Gasteiger partial charge in [0.1, 0.15) is 17.2 Å². The molecule has 0 bridgehead atoms. The second kappa shape index (κ2) is 6.33. The van der Waals surface area contributed by atoms with Crippen LogP contribution < -0.4 is 15.2 Å². The van der Waals surface area contributed by atoms with Crippen LogP contribution >= 0.6 is 0 Å². The van der Waals surface area contributed by atoms with Crippen LogP contribution in [0.3, 0.4) is 0 Å². The Morgan fingerprint density at radius 2 is 1.75 bits per heavy atom. The minimum Gasteiger partial charge on any atom is -0.491 e. The lowest BCUT2D eigenvalue weighted by atomic mass is 10.1. The van der Waals surface area contributed by atoms with Gasteiger partial charge in [-0.05, 0) is 44.0 Å². The van der Waals surface area contributed by atoms with Gasteiger partial charge in [0.2, 0.25) is 0 Å². The third kappa shape index (κ3) is 3.23. The summed E-state index contributed by atoms with van der Waals surface area (Å²) in [7, 11) is 0. The van der Waals surface area contributed by atoms with Crippen LogP contribution in [0.4, 0.5) is 5.69 Å². The van der Waals surface area contributed by atoms with E-state index in [2.05, 4.69) is 19.9 Å². The number of nitrogens with two attached hydrogens (primary N) is 1. The zero-order chi connectivity index (χ0) is 14.5. The van der Waals surface area contributed by atoms with Gasteiger partial charge in [-0.25, -0.2) is 0 Å². The molecule has 3 heteroatoms. The fraction of sp³-hybridized carbons (Fsp3) is 0.294. The Labute approximate surface area is 120 Å². The number of nitrogen functional groups attached to an aromatic ring is 1. The average molecular weight is 271 g/mol. The maximum Gasteiger partial charge on any atom is 0.154 e. The highest BCUT2D eigenvalue weighted by molar-refractivity contribution is 5.63.